The van der Waals surface area contributed by atoms with Crippen LogP contribution in [0.5, 0.6) is 0 Å². The van der Waals surface area contributed by atoms with Gasteiger partial charge in [-0.3, -0.25) is 4.79 Å². The fraction of sp³-hybridized carbons (Fsp3) is 0.316. The van der Waals surface area contributed by atoms with Crippen molar-refractivity contribution in [2.24, 2.45) is 0 Å². The van der Waals surface area contributed by atoms with Crippen LogP contribution >= 0.6 is 0 Å². The number of aryl methyl sites for hydroxylation is 2. The van der Waals surface area contributed by atoms with E-state index in [0.717, 1.165) is 30.4 Å². The van der Waals surface area contributed by atoms with Gasteiger partial charge in [-0.2, -0.15) is 15.4 Å². The molecule has 1 aliphatic heterocycles. The minimum atomic E-state index is 0.0700. The van der Waals surface area contributed by atoms with Gasteiger partial charge in [0.15, 0.2) is 0 Å². The number of aromatic amines is 1. The van der Waals surface area contributed by atoms with Gasteiger partial charge in [0.05, 0.1) is 6.04 Å². The second-order valence-corrected chi connectivity index (χ2v) is 6.53. The minimum Gasteiger partial charge on any atom is -0.332 e. The number of hydrogen-bond donors (Lipinski definition) is 1. The molecular formula is C19H20N4O. The van der Waals surface area contributed by atoms with Gasteiger partial charge in [0.2, 0.25) is 0 Å². The molecule has 0 saturated carbocycles. The molecule has 1 N–H and O–H groups in total. The molecule has 122 valence electrons. The fourth-order valence-corrected chi connectivity index (χ4v) is 3.47. The lowest BCUT2D eigenvalue weighted by molar-refractivity contribution is 0.0736. The molecule has 4 rings (SSSR count). The maximum absolute atomic E-state index is 13.0. The third kappa shape index (κ3) is 2.46. The van der Waals surface area contributed by atoms with Crippen LogP contribution in [-0.2, 0) is 0 Å². The van der Waals surface area contributed by atoms with Crippen LogP contribution in [0.2, 0.25) is 0 Å². The van der Waals surface area contributed by atoms with Crippen molar-refractivity contribution in [2.75, 3.05) is 6.54 Å². The Kier molecular flexibility index (Phi) is 3.56. The molecule has 1 aromatic heterocycles. The number of nitrogens with zero attached hydrogens (tertiary/aromatic N) is 3. The summed E-state index contributed by atoms with van der Waals surface area (Å²) < 4.78 is 0. The molecule has 1 saturated heterocycles. The standard InChI is InChI=1S/C19H20N4O/c1-12-5-6-14(10-13(12)2)18-4-3-9-23(18)19(24)15-7-8-16-17(11-15)21-22-20-16/h5-8,10-11,18H,3-4,9H2,1-2H3,(H,20,21,22). The second-order valence-electron chi connectivity index (χ2n) is 6.53. The lowest BCUT2D eigenvalue weighted by Crippen LogP contribution is -2.30. The monoisotopic (exact) mass is 320 g/mol. The smallest absolute Gasteiger partial charge is 0.254 e. The number of amides is 1. The number of likely N-dealkylation sites (tertiary alicyclic amines) is 1. The topological polar surface area (TPSA) is 61.9 Å². The summed E-state index contributed by atoms with van der Waals surface area (Å²) >= 11 is 0. The maximum Gasteiger partial charge on any atom is 0.254 e. The number of benzene rings is 2. The number of hydrogen-bond acceptors (Lipinski definition) is 3. The molecule has 0 aliphatic carbocycles. The summed E-state index contributed by atoms with van der Waals surface area (Å²) in [6, 6.07) is 12.2. The third-order valence-corrected chi connectivity index (χ3v) is 4.99. The molecule has 0 bridgehead atoms. The van der Waals surface area contributed by atoms with E-state index in [9.17, 15) is 4.79 Å². The summed E-state index contributed by atoms with van der Waals surface area (Å²) in [5.41, 5.74) is 5.96. The first kappa shape index (κ1) is 14.9. The molecule has 5 heteroatoms. The van der Waals surface area contributed by atoms with E-state index in [1.54, 1.807) is 0 Å². The van der Waals surface area contributed by atoms with Crippen molar-refractivity contribution in [3.8, 4) is 0 Å². The van der Waals surface area contributed by atoms with Gasteiger partial charge in [0.25, 0.3) is 5.91 Å². The first-order chi connectivity index (χ1) is 11.6. The van der Waals surface area contributed by atoms with Crippen LogP contribution in [0.25, 0.3) is 11.0 Å². The first-order valence-electron chi connectivity index (χ1n) is 8.32. The van der Waals surface area contributed by atoms with Crippen molar-refractivity contribution in [1.82, 2.24) is 20.3 Å². The molecule has 1 unspecified atom stereocenters. The Morgan fingerprint density at radius 2 is 1.92 bits per heavy atom. The van der Waals surface area contributed by atoms with Gasteiger partial charge in [-0.05, 0) is 61.6 Å². The van der Waals surface area contributed by atoms with Gasteiger partial charge in [0, 0.05) is 12.1 Å². The molecule has 1 aliphatic rings. The van der Waals surface area contributed by atoms with Gasteiger partial charge in [-0.15, -0.1) is 0 Å². The predicted octanol–water partition coefficient (Wildman–Crippen LogP) is 3.55. The van der Waals surface area contributed by atoms with Crippen molar-refractivity contribution in [3.63, 3.8) is 0 Å². The van der Waals surface area contributed by atoms with Crippen LogP contribution in [0, 0.1) is 13.8 Å². The van der Waals surface area contributed by atoms with Gasteiger partial charge >= 0.3 is 0 Å². The first-order valence-corrected chi connectivity index (χ1v) is 8.32. The van der Waals surface area contributed by atoms with E-state index in [1.165, 1.54) is 16.7 Å². The van der Waals surface area contributed by atoms with Crippen LogP contribution in [0.15, 0.2) is 36.4 Å². The van der Waals surface area contributed by atoms with E-state index in [-0.39, 0.29) is 11.9 Å². The van der Waals surface area contributed by atoms with Crippen LogP contribution < -0.4 is 0 Å². The van der Waals surface area contributed by atoms with E-state index in [2.05, 4.69) is 47.5 Å². The van der Waals surface area contributed by atoms with Crippen molar-refractivity contribution < 1.29 is 4.79 Å². The highest BCUT2D eigenvalue weighted by Crippen LogP contribution is 2.34. The second kappa shape index (κ2) is 5.74. The predicted molar refractivity (Wildman–Crippen MR) is 92.8 cm³/mol. The summed E-state index contributed by atoms with van der Waals surface area (Å²) in [6.07, 6.45) is 2.05. The third-order valence-electron chi connectivity index (χ3n) is 4.99. The molecule has 1 amide bonds. The zero-order valence-corrected chi connectivity index (χ0v) is 13.9. The van der Waals surface area contributed by atoms with Crippen LogP contribution in [-0.4, -0.2) is 32.8 Å². The zero-order chi connectivity index (χ0) is 16.7. The minimum absolute atomic E-state index is 0.0700. The Labute approximate surface area is 140 Å². The molecule has 0 spiro atoms. The lowest BCUT2D eigenvalue weighted by Gasteiger charge is -2.25. The summed E-state index contributed by atoms with van der Waals surface area (Å²) in [5, 5.41) is 10.7. The van der Waals surface area contributed by atoms with E-state index < -0.39 is 0 Å². The van der Waals surface area contributed by atoms with Crippen molar-refractivity contribution >= 4 is 16.9 Å². The highest BCUT2D eigenvalue weighted by molar-refractivity contribution is 5.97. The van der Waals surface area contributed by atoms with Gasteiger partial charge < -0.3 is 4.90 Å². The van der Waals surface area contributed by atoms with Crippen LogP contribution in [0.4, 0.5) is 0 Å². The molecule has 24 heavy (non-hydrogen) atoms. The molecule has 2 heterocycles. The molecule has 2 aromatic carbocycles. The number of carbonyl (C=O) groups is 1. The van der Waals surface area contributed by atoms with Crippen molar-refractivity contribution in [3.05, 3.63) is 58.7 Å². The Bertz CT molecular complexity index is 915. The quantitative estimate of drug-likeness (QED) is 0.785. The summed E-state index contributed by atoms with van der Waals surface area (Å²) in [6.45, 7) is 5.04. The normalized spacial score (nSPS) is 17.6. The highest BCUT2D eigenvalue weighted by Gasteiger charge is 2.30. The Morgan fingerprint density at radius 1 is 1.08 bits per heavy atom. The summed E-state index contributed by atoms with van der Waals surface area (Å²) in [4.78, 5) is 15.0. The SMILES string of the molecule is Cc1ccc(C2CCCN2C(=O)c2ccc3n[nH]nc3c2)cc1C. The van der Waals surface area contributed by atoms with Crippen LogP contribution in [0.1, 0.15) is 45.9 Å². The van der Waals surface area contributed by atoms with E-state index in [0.29, 0.717) is 5.56 Å². The Morgan fingerprint density at radius 3 is 2.75 bits per heavy atom. The molecule has 1 fully saturated rings. The Balaban J connectivity index is 1.66. The number of fused-ring (bicyclic) bond motifs is 1. The van der Waals surface area contributed by atoms with Crippen molar-refractivity contribution in [1.29, 1.82) is 0 Å². The largest absolute Gasteiger partial charge is 0.332 e. The number of carbonyl (C=O) groups excluding carboxylic acids is 1. The fourth-order valence-electron chi connectivity index (χ4n) is 3.47. The number of nitrogens with one attached hydrogen (secondary N) is 1. The number of rotatable bonds is 2. The average Bonchev–Trinajstić information content (AvgIpc) is 3.24. The maximum atomic E-state index is 13.0. The number of H-pyrrole nitrogens is 1. The highest BCUT2D eigenvalue weighted by atomic mass is 16.2. The lowest BCUT2D eigenvalue weighted by atomic mass is 9.99. The van der Waals surface area contributed by atoms with Gasteiger partial charge in [-0.25, -0.2) is 0 Å². The molecule has 3 aromatic rings. The molecular weight excluding hydrogens is 300 g/mol. The van der Waals surface area contributed by atoms with Gasteiger partial charge in [-0.1, -0.05) is 18.2 Å². The summed E-state index contributed by atoms with van der Waals surface area (Å²) in [5.74, 6) is 0.0700. The Hall–Kier alpha value is -2.69. The molecule has 5 nitrogen and oxygen atoms in total. The zero-order valence-electron chi connectivity index (χ0n) is 13.9. The van der Waals surface area contributed by atoms with E-state index >= 15 is 0 Å². The number of aromatic nitrogens is 3. The van der Waals surface area contributed by atoms with E-state index in [4.69, 9.17) is 0 Å². The van der Waals surface area contributed by atoms with Crippen molar-refractivity contribution in [2.45, 2.75) is 32.7 Å². The van der Waals surface area contributed by atoms with E-state index in [1.807, 2.05) is 23.1 Å². The summed E-state index contributed by atoms with van der Waals surface area (Å²) in [7, 11) is 0. The van der Waals surface area contributed by atoms with Crippen LogP contribution in [0.3, 0.4) is 0 Å². The molecule has 1 atom stereocenters. The average molecular weight is 320 g/mol. The van der Waals surface area contributed by atoms with Gasteiger partial charge in [0.1, 0.15) is 11.0 Å². The molecule has 0 radical (unpaired) electrons.